The smallest absolute Gasteiger partial charge is 0.0471 e. The predicted octanol–water partition coefficient (Wildman–Crippen LogP) is 9.09. The Morgan fingerprint density at radius 3 is 1.15 bits per heavy atom. The second kappa shape index (κ2) is 19.7. The number of rotatable bonds is 20. The Bertz CT molecular complexity index is 253. The van der Waals surface area contributed by atoms with Gasteiger partial charge in [-0.15, -0.1) is 0 Å². The van der Waals surface area contributed by atoms with Crippen LogP contribution in [0.4, 0.5) is 0 Å². The molecule has 0 aromatic heterocycles. The molecule has 0 atom stereocenters. The summed E-state index contributed by atoms with van der Waals surface area (Å²) >= 11 is 0. The van der Waals surface area contributed by atoms with Gasteiger partial charge in [-0.2, -0.15) is 0 Å². The van der Waals surface area contributed by atoms with Crippen LogP contribution in [0.5, 0.6) is 0 Å². The van der Waals surface area contributed by atoms with Gasteiger partial charge in [-0.05, 0) is 18.3 Å². The van der Waals surface area contributed by atoms with Crippen LogP contribution >= 0.6 is 0 Å². The zero-order valence-electron chi connectivity index (χ0n) is 19.1. The number of unbranched alkanes of at least 4 members (excludes halogenated alkanes) is 16. The van der Waals surface area contributed by atoms with Gasteiger partial charge in [0.1, 0.15) is 0 Å². The van der Waals surface area contributed by atoms with Gasteiger partial charge in [0, 0.05) is 13.2 Å². The summed E-state index contributed by atoms with van der Waals surface area (Å²) in [5.74, 6) is 0. The predicted molar refractivity (Wildman–Crippen MR) is 119 cm³/mol. The standard InChI is InChI=1S/C25H52O/c1-5-6-7-8-9-10-11-12-13-14-15-16-17-18-19-20-21-23-26-24-22-25(2,3)4/h5-24H2,1-4H3. The molecule has 0 rings (SSSR count). The maximum Gasteiger partial charge on any atom is 0.0471 e. The van der Waals surface area contributed by atoms with Gasteiger partial charge in [0.15, 0.2) is 0 Å². The summed E-state index contributed by atoms with van der Waals surface area (Å²) in [5, 5.41) is 0. The summed E-state index contributed by atoms with van der Waals surface area (Å²) < 4.78 is 5.73. The average molecular weight is 369 g/mol. The molecule has 0 aliphatic carbocycles. The Morgan fingerprint density at radius 1 is 0.462 bits per heavy atom. The second-order valence-electron chi connectivity index (χ2n) is 9.58. The molecular weight excluding hydrogens is 316 g/mol. The van der Waals surface area contributed by atoms with Crippen LogP contribution in [0, 0.1) is 5.41 Å². The Kier molecular flexibility index (Phi) is 19.7. The third kappa shape index (κ3) is 24.0. The average Bonchev–Trinajstić information content (AvgIpc) is 2.59. The first-order chi connectivity index (χ1) is 12.6. The first-order valence-electron chi connectivity index (χ1n) is 12.1. The highest BCUT2D eigenvalue weighted by Crippen LogP contribution is 2.18. The van der Waals surface area contributed by atoms with Crippen molar-refractivity contribution >= 4 is 0 Å². The van der Waals surface area contributed by atoms with Gasteiger partial charge in [0.05, 0.1) is 0 Å². The van der Waals surface area contributed by atoms with Gasteiger partial charge in [-0.25, -0.2) is 0 Å². The van der Waals surface area contributed by atoms with Crippen molar-refractivity contribution in [1.82, 2.24) is 0 Å². The SMILES string of the molecule is CCCCCCCCCCCCCCCCCCCOCCC(C)(C)C. The molecule has 1 nitrogen and oxygen atoms in total. The summed E-state index contributed by atoms with van der Waals surface area (Å²) in [6.07, 6.45) is 25.6. The van der Waals surface area contributed by atoms with E-state index in [0.717, 1.165) is 13.2 Å². The summed E-state index contributed by atoms with van der Waals surface area (Å²) in [4.78, 5) is 0. The van der Waals surface area contributed by atoms with Crippen molar-refractivity contribution in [2.24, 2.45) is 5.41 Å². The third-order valence-electron chi connectivity index (χ3n) is 5.39. The van der Waals surface area contributed by atoms with Gasteiger partial charge in [-0.1, -0.05) is 130 Å². The Labute approximate surface area is 167 Å². The fourth-order valence-electron chi connectivity index (χ4n) is 3.41. The van der Waals surface area contributed by atoms with Crippen molar-refractivity contribution < 1.29 is 4.74 Å². The maximum absolute atomic E-state index is 5.73. The van der Waals surface area contributed by atoms with E-state index in [9.17, 15) is 0 Å². The monoisotopic (exact) mass is 368 g/mol. The lowest BCUT2D eigenvalue weighted by Crippen LogP contribution is -2.09. The van der Waals surface area contributed by atoms with E-state index in [2.05, 4.69) is 27.7 Å². The molecule has 0 bridgehead atoms. The topological polar surface area (TPSA) is 9.23 Å². The molecule has 0 aliphatic heterocycles. The number of ether oxygens (including phenoxy) is 1. The van der Waals surface area contributed by atoms with Crippen LogP contribution in [0.25, 0.3) is 0 Å². The molecule has 0 amide bonds. The van der Waals surface area contributed by atoms with E-state index in [-0.39, 0.29) is 0 Å². The molecule has 0 aromatic rings. The van der Waals surface area contributed by atoms with Crippen LogP contribution in [-0.2, 0) is 4.74 Å². The minimum atomic E-state index is 0.411. The molecule has 0 N–H and O–H groups in total. The van der Waals surface area contributed by atoms with Crippen LogP contribution in [0.15, 0.2) is 0 Å². The highest BCUT2D eigenvalue weighted by Gasteiger charge is 2.08. The van der Waals surface area contributed by atoms with Crippen LogP contribution in [-0.4, -0.2) is 13.2 Å². The summed E-state index contributed by atoms with van der Waals surface area (Å²) in [7, 11) is 0. The summed E-state index contributed by atoms with van der Waals surface area (Å²) in [5.41, 5.74) is 0.411. The van der Waals surface area contributed by atoms with E-state index in [1.807, 2.05) is 0 Å². The Hall–Kier alpha value is -0.0400. The highest BCUT2D eigenvalue weighted by molar-refractivity contribution is 4.59. The highest BCUT2D eigenvalue weighted by atomic mass is 16.5. The molecule has 0 fully saturated rings. The van der Waals surface area contributed by atoms with Gasteiger partial charge in [0.2, 0.25) is 0 Å². The van der Waals surface area contributed by atoms with Crippen LogP contribution in [0.3, 0.4) is 0 Å². The van der Waals surface area contributed by atoms with E-state index in [1.165, 1.54) is 116 Å². The number of hydrogen-bond donors (Lipinski definition) is 0. The first-order valence-corrected chi connectivity index (χ1v) is 12.1. The van der Waals surface area contributed by atoms with Gasteiger partial charge >= 0.3 is 0 Å². The molecule has 158 valence electrons. The molecule has 0 aromatic carbocycles. The van der Waals surface area contributed by atoms with Crippen LogP contribution in [0.2, 0.25) is 0 Å². The van der Waals surface area contributed by atoms with Crippen molar-refractivity contribution in [3.8, 4) is 0 Å². The van der Waals surface area contributed by atoms with Crippen molar-refractivity contribution in [1.29, 1.82) is 0 Å². The van der Waals surface area contributed by atoms with Gasteiger partial charge in [0.25, 0.3) is 0 Å². The second-order valence-corrected chi connectivity index (χ2v) is 9.58. The minimum absolute atomic E-state index is 0.411. The van der Waals surface area contributed by atoms with E-state index < -0.39 is 0 Å². The molecule has 0 aliphatic rings. The van der Waals surface area contributed by atoms with Crippen LogP contribution in [0.1, 0.15) is 143 Å². The maximum atomic E-state index is 5.73. The zero-order valence-corrected chi connectivity index (χ0v) is 19.1. The molecule has 0 unspecified atom stereocenters. The van der Waals surface area contributed by atoms with E-state index in [0.29, 0.717) is 5.41 Å². The van der Waals surface area contributed by atoms with Gasteiger partial charge < -0.3 is 4.74 Å². The third-order valence-corrected chi connectivity index (χ3v) is 5.39. The van der Waals surface area contributed by atoms with E-state index in [4.69, 9.17) is 4.74 Å². The molecule has 1 heteroatoms. The molecule has 0 radical (unpaired) electrons. The quantitative estimate of drug-likeness (QED) is 0.195. The van der Waals surface area contributed by atoms with Crippen molar-refractivity contribution in [2.45, 2.75) is 143 Å². The van der Waals surface area contributed by atoms with Gasteiger partial charge in [-0.3, -0.25) is 0 Å². The minimum Gasteiger partial charge on any atom is -0.381 e. The van der Waals surface area contributed by atoms with Crippen LogP contribution < -0.4 is 0 Å². The molecular formula is C25H52O. The van der Waals surface area contributed by atoms with Crippen molar-refractivity contribution in [3.05, 3.63) is 0 Å². The largest absolute Gasteiger partial charge is 0.381 e. The lowest BCUT2D eigenvalue weighted by atomic mass is 9.93. The van der Waals surface area contributed by atoms with E-state index >= 15 is 0 Å². The lowest BCUT2D eigenvalue weighted by molar-refractivity contribution is 0.105. The first kappa shape index (κ1) is 26.0. The normalized spacial score (nSPS) is 12.0. The summed E-state index contributed by atoms with van der Waals surface area (Å²) in [6, 6.07) is 0. The molecule has 0 heterocycles. The Morgan fingerprint density at radius 2 is 0.808 bits per heavy atom. The molecule has 0 spiro atoms. The molecule has 0 saturated heterocycles. The number of hydrogen-bond acceptors (Lipinski definition) is 1. The molecule has 26 heavy (non-hydrogen) atoms. The van der Waals surface area contributed by atoms with E-state index in [1.54, 1.807) is 0 Å². The Balaban J connectivity index is 3.01. The fraction of sp³-hybridized carbons (Fsp3) is 1.00. The molecule has 0 saturated carbocycles. The van der Waals surface area contributed by atoms with Crippen molar-refractivity contribution in [3.63, 3.8) is 0 Å². The van der Waals surface area contributed by atoms with Crippen molar-refractivity contribution in [2.75, 3.05) is 13.2 Å². The zero-order chi connectivity index (χ0) is 19.3. The summed E-state index contributed by atoms with van der Waals surface area (Å²) in [6.45, 7) is 11.0. The fourth-order valence-corrected chi connectivity index (χ4v) is 3.41. The lowest BCUT2D eigenvalue weighted by Gasteiger charge is -2.17.